The molecule has 2 aromatic rings. The van der Waals surface area contributed by atoms with Gasteiger partial charge in [0.2, 0.25) is 5.88 Å². The van der Waals surface area contributed by atoms with Crippen LogP contribution in [0.1, 0.15) is 10.4 Å². The zero-order valence-electron chi connectivity index (χ0n) is 9.92. The van der Waals surface area contributed by atoms with E-state index < -0.39 is 11.8 Å². The first-order valence-electron chi connectivity index (χ1n) is 5.26. The molecule has 0 aliphatic heterocycles. The van der Waals surface area contributed by atoms with Crippen LogP contribution in [0.3, 0.4) is 0 Å². The van der Waals surface area contributed by atoms with Crippen LogP contribution < -0.4 is 10.1 Å². The molecule has 0 atom stereocenters. The number of carboxylic acids is 1. The summed E-state index contributed by atoms with van der Waals surface area (Å²) in [6.07, 6.45) is 1.29. The summed E-state index contributed by atoms with van der Waals surface area (Å²) in [6.45, 7) is 0. The van der Waals surface area contributed by atoms with Crippen molar-refractivity contribution in [2.24, 2.45) is 0 Å². The number of rotatable bonds is 4. The number of nitrogens with one attached hydrogen (secondary N) is 1. The lowest BCUT2D eigenvalue weighted by Crippen LogP contribution is -2.02. The summed E-state index contributed by atoms with van der Waals surface area (Å²) in [5.41, 5.74) is -0.00549. The highest BCUT2D eigenvalue weighted by Gasteiger charge is 2.10. The Labute approximate surface area is 107 Å². The molecule has 1 aromatic carbocycles. The van der Waals surface area contributed by atoms with E-state index in [1.807, 2.05) is 0 Å². The lowest BCUT2D eigenvalue weighted by molar-refractivity contribution is 0.0692. The van der Waals surface area contributed by atoms with E-state index in [1.54, 1.807) is 0 Å². The summed E-state index contributed by atoms with van der Waals surface area (Å²) >= 11 is 0. The molecule has 0 aliphatic carbocycles. The van der Waals surface area contributed by atoms with Gasteiger partial charge in [0, 0.05) is 11.8 Å². The molecule has 2 N–H and O–H groups in total. The molecule has 0 aliphatic rings. The maximum Gasteiger partial charge on any atom is 0.338 e. The molecule has 1 aromatic heterocycles. The molecule has 1 heterocycles. The van der Waals surface area contributed by atoms with E-state index >= 15 is 0 Å². The van der Waals surface area contributed by atoms with Crippen LogP contribution in [0.2, 0.25) is 0 Å². The molecule has 6 nitrogen and oxygen atoms in total. The van der Waals surface area contributed by atoms with Gasteiger partial charge in [-0.1, -0.05) is 0 Å². The van der Waals surface area contributed by atoms with Crippen molar-refractivity contribution in [3.8, 4) is 5.88 Å². The van der Waals surface area contributed by atoms with Crippen LogP contribution >= 0.6 is 0 Å². The molecule has 0 saturated heterocycles. The molecule has 98 valence electrons. The zero-order chi connectivity index (χ0) is 13.8. The summed E-state index contributed by atoms with van der Waals surface area (Å²) in [5, 5.41) is 11.5. The van der Waals surface area contributed by atoms with Crippen molar-refractivity contribution in [1.29, 1.82) is 0 Å². The Morgan fingerprint density at radius 2 is 2.16 bits per heavy atom. The van der Waals surface area contributed by atoms with Crippen LogP contribution in [0.25, 0.3) is 0 Å². The Morgan fingerprint density at radius 3 is 2.79 bits per heavy atom. The fraction of sp³-hybridized carbons (Fsp3) is 0.0833. The molecule has 19 heavy (non-hydrogen) atoms. The SMILES string of the molecule is COc1cc(Nc2ccc(C(=O)O)c(F)c2)ncn1. The smallest absolute Gasteiger partial charge is 0.338 e. The molecule has 7 heteroatoms. The highest BCUT2D eigenvalue weighted by molar-refractivity contribution is 5.88. The molecule has 0 saturated carbocycles. The summed E-state index contributed by atoms with van der Waals surface area (Å²) in [6, 6.07) is 5.24. The first-order valence-corrected chi connectivity index (χ1v) is 5.26. The number of anilines is 2. The Morgan fingerprint density at radius 1 is 1.37 bits per heavy atom. The van der Waals surface area contributed by atoms with Crippen molar-refractivity contribution in [1.82, 2.24) is 9.97 Å². The fourth-order valence-electron chi connectivity index (χ4n) is 1.43. The second kappa shape index (κ2) is 5.30. The molecule has 0 amide bonds. The number of hydrogen-bond donors (Lipinski definition) is 2. The van der Waals surface area contributed by atoms with Gasteiger partial charge in [0.1, 0.15) is 18.0 Å². The van der Waals surface area contributed by atoms with Crippen LogP contribution in [0.4, 0.5) is 15.9 Å². The minimum absolute atomic E-state index is 0.361. The third kappa shape index (κ3) is 2.95. The van der Waals surface area contributed by atoms with E-state index in [2.05, 4.69) is 15.3 Å². The largest absolute Gasteiger partial charge is 0.481 e. The minimum Gasteiger partial charge on any atom is -0.481 e. The van der Waals surface area contributed by atoms with E-state index in [1.165, 1.54) is 31.6 Å². The number of ether oxygens (including phenoxy) is 1. The Balaban J connectivity index is 2.23. The van der Waals surface area contributed by atoms with E-state index in [-0.39, 0.29) is 5.56 Å². The lowest BCUT2D eigenvalue weighted by Gasteiger charge is -2.07. The summed E-state index contributed by atoms with van der Waals surface area (Å²) in [5.74, 6) is -1.36. The normalized spacial score (nSPS) is 10.0. The number of methoxy groups -OCH3 is 1. The van der Waals surface area contributed by atoms with Gasteiger partial charge >= 0.3 is 5.97 Å². The summed E-state index contributed by atoms with van der Waals surface area (Å²) in [4.78, 5) is 18.4. The lowest BCUT2D eigenvalue weighted by atomic mass is 10.2. The average molecular weight is 263 g/mol. The van der Waals surface area contributed by atoms with E-state index in [0.29, 0.717) is 17.4 Å². The quantitative estimate of drug-likeness (QED) is 0.878. The van der Waals surface area contributed by atoms with E-state index in [4.69, 9.17) is 9.84 Å². The average Bonchev–Trinajstić information content (AvgIpc) is 2.38. The van der Waals surface area contributed by atoms with Gasteiger partial charge in [-0.2, -0.15) is 0 Å². The Bertz CT molecular complexity index is 619. The first kappa shape index (κ1) is 12.7. The highest BCUT2D eigenvalue weighted by atomic mass is 19.1. The number of carbonyl (C=O) groups is 1. The van der Waals surface area contributed by atoms with E-state index in [9.17, 15) is 9.18 Å². The van der Waals surface area contributed by atoms with Gasteiger partial charge in [-0.25, -0.2) is 19.2 Å². The Kier molecular flexibility index (Phi) is 3.56. The van der Waals surface area contributed by atoms with Gasteiger partial charge in [-0.05, 0) is 18.2 Å². The van der Waals surface area contributed by atoms with Crippen molar-refractivity contribution in [2.75, 3.05) is 12.4 Å². The van der Waals surface area contributed by atoms with Gasteiger partial charge in [-0.3, -0.25) is 0 Å². The van der Waals surface area contributed by atoms with Crippen LogP contribution in [0.15, 0.2) is 30.6 Å². The third-order valence-electron chi connectivity index (χ3n) is 2.32. The maximum atomic E-state index is 13.5. The zero-order valence-corrected chi connectivity index (χ0v) is 9.92. The highest BCUT2D eigenvalue weighted by Crippen LogP contribution is 2.19. The van der Waals surface area contributed by atoms with Gasteiger partial charge in [0.05, 0.1) is 12.7 Å². The second-order valence-electron chi connectivity index (χ2n) is 3.57. The van der Waals surface area contributed by atoms with Crippen molar-refractivity contribution < 1.29 is 19.0 Å². The molecular weight excluding hydrogens is 253 g/mol. The molecule has 0 unspecified atom stereocenters. The number of aromatic nitrogens is 2. The van der Waals surface area contributed by atoms with Crippen LogP contribution in [-0.4, -0.2) is 28.2 Å². The number of benzene rings is 1. The number of carboxylic acid groups (broad SMARTS) is 1. The molecule has 0 radical (unpaired) electrons. The van der Waals surface area contributed by atoms with Crippen LogP contribution in [0, 0.1) is 5.82 Å². The first-order chi connectivity index (χ1) is 9.10. The van der Waals surface area contributed by atoms with Crippen molar-refractivity contribution in [2.45, 2.75) is 0 Å². The summed E-state index contributed by atoms with van der Waals surface area (Å²) in [7, 11) is 1.47. The van der Waals surface area contributed by atoms with Gasteiger partial charge in [0.15, 0.2) is 0 Å². The number of halogens is 1. The van der Waals surface area contributed by atoms with Crippen LogP contribution in [-0.2, 0) is 0 Å². The number of aromatic carboxylic acids is 1. The predicted molar refractivity (Wildman–Crippen MR) is 65.2 cm³/mol. The number of hydrogen-bond acceptors (Lipinski definition) is 5. The Hall–Kier alpha value is -2.70. The maximum absolute atomic E-state index is 13.5. The topological polar surface area (TPSA) is 84.3 Å². The molecule has 0 bridgehead atoms. The molecule has 0 fully saturated rings. The minimum atomic E-state index is -1.31. The van der Waals surface area contributed by atoms with Gasteiger partial charge in [0.25, 0.3) is 0 Å². The predicted octanol–water partition coefficient (Wildman–Crippen LogP) is 2.07. The van der Waals surface area contributed by atoms with Crippen molar-refractivity contribution >= 4 is 17.5 Å². The fourth-order valence-corrected chi connectivity index (χ4v) is 1.43. The second-order valence-corrected chi connectivity index (χ2v) is 3.57. The molecule has 2 rings (SSSR count). The summed E-state index contributed by atoms with van der Waals surface area (Å²) < 4.78 is 18.4. The third-order valence-corrected chi connectivity index (χ3v) is 2.32. The van der Waals surface area contributed by atoms with Crippen LogP contribution in [0.5, 0.6) is 5.88 Å². The monoisotopic (exact) mass is 263 g/mol. The molecular formula is C12H10FN3O3. The molecule has 0 spiro atoms. The van der Waals surface area contributed by atoms with Gasteiger partial charge < -0.3 is 15.2 Å². The van der Waals surface area contributed by atoms with Gasteiger partial charge in [-0.15, -0.1) is 0 Å². The van der Waals surface area contributed by atoms with Crippen molar-refractivity contribution in [3.63, 3.8) is 0 Å². The number of nitrogens with zero attached hydrogens (tertiary/aromatic N) is 2. The standard InChI is InChI=1S/C12H10FN3O3/c1-19-11-5-10(14-6-15-11)16-7-2-3-8(12(17)18)9(13)4-7/h2-6H,1H3,(H,17,18)(H,14,15,16). The van der Waals surface area contributed by atoms with E-state index in [0.717, 1.165) is 6.07 Å². The van der Waals surface area contributed by atoms with Crippen molar-refractivity contribution in [3.05, 3.63) is 42.0 Å².